The van der Waals surface area contributed by atoms with Crippen molar-refractivity contribution < 1.29 is 21.6 Å². The Morgan fingerprint density at radius 2 is 1.90 bits per heavy atom. The van der Waals surface area contributed by atoms with Crippen LogP contribution in [-0.4, -0.2) is 29.6 Å². The molecule has 2 aromatic heterocycles. The number of hydrogen-bond acceptors (Lipinski definition) is 7. The Labute approximate surface area is 181 Å². The van der Waals surface area contributed by atoms with Gasteiger partial charge < -0.3 is 5.32 Å². The van der Waals surface area contributed by atoms with E-state index in [1.807, 2.05) is 13.0 Å². The molecule has 0 bridgehead atoms. The molecule has 0 atom stereocenters. The average molecular weight is 469 g/mol. The van der Waals surface area contributed by atoms with Gasteiger partial charge in [-0.3, -0.25) is 0 Å². The van der Waals surface area contributed by atoms with Crippen molar-refractivity contribution in [2.45, 2.75) is 37.1 Å². The van der Waals surface area contributed by atoms with Crippen molar-refractivity contribution in [1.82, 2.24) is 15.0 Å². The standard InChI is InChI=1S/C20H19F3N4O2S2/c1-12-8-13(15-11-25-17(30-15)19(5-3-6-19)31(2,28)29)10-14(9-12)26-18-24-7-4-16(27-18)20(21,22)23/h4,7-11H,3,5-6H2,1-2H3,(H,24,26,27). The van der Waals surface area contributed by atoms with Gasteiger partial charge in [0.05, 0.1) is 4.88 Å². The van der Waals surface area contributed by atoms with Gasteiger partial charge in [0.25, 0.3) is 0 Å². The predicted molar refractivity (Wildman–Crippen MR) is 113 cm³/mol. The van der Waals surface area contributed by atoms with Crippen LogP contribution in [0.5, 0.6) is 0 Å². The maximum absolute atomic E-state index is 12.9. The molecule has 0 radical (unpaired) electrons. The Morgan fingerprint density at radius 3 is 2.52 bits per heavy atom. The second-order valence-electron chi connectivity index (χ2n) is 7.63. The Morgan fingerprint density at radius 1 is 1.16 bits per heavy atom. The van der Waals surface area contributed by atoms with E-state index in [-0.39, 0.29) is 5.95 Å². The third-order valence-corrected chi connectivity index (χ3v) is 8.73. The minimum absolute atomic E-state index is 0.165. The zero-order chi connectivity index (χ0) is 22.4. The van der Waals surface area contributed by atoms with Crippen molar-refractivity contribution in [2.75, 3.05) is 11.6 Å². The summed E-state index contributed by atoms with van der Waals surface area (Å²) in [6, 6.07) is 6.23. The second kappa shape index (κ2) is 7.56. The number of hydrogen-bond donors (Lipinski definition) is 1. The first-order valence-corrected chi connectivity index (χ1v) is 12.1. The second-order valence-corrected chi connectivity index (χ2v) is 11.0. The van der Waals surface area contributed by atoms with Crippen LogP contribution in [0.15, 0.2) is 36.7 Å². The van der Waals surface area contributed by atoms with Gasteiger partial charge in [-0.1, -0.05) is 6.07 Å². The number of nitrogens with one attached hydrogen (secondary N) is 1. The molecule has 0 unspecified atom stereocenters. The van der Waals surface area contributed by atoms with Crippen LogP contribution in [0.3, 0.4) is 0 Å². The van der Waals surface area contributed by atoms with Gasteiger partial charge >= 0.3 is 6.18 Å². The number of aromatic nitrogens is 3. The van der Waals surface area contributed by atoms with Crippen molar-refractivity contribution in [3.8, 4) is 10.4 Å². The largest absolute Gasteiger partial charge is 0.433 e. The number of nitrogens with zero attached hydrogens (tertiary/aromatic N) is 3. The van der Waals surface area contributed by atoms with Crippen molar-refractivity contribution in [2.24, 2.45) is 0 Å². The molecular weight excluding hydrogens is 449 g/mol. The maximum Gasteiger partial charge on any atom is 0.433 e. The van der Waals surface area contributed by atoms with E-state index in [0.717, 1.165) is 34.7 Å². The van der Waals surface area contributed by atoms with E-state index in [0.29, 0.717) is 23.5 Å². The normalized spacial score (nSPS) is 16.0. The minimum atomic E-state index is -4.56. The van der Waals surface area contributed by atoms with Gasteiger partial charge in [-0.05, 0) is 55.5 Å². The summed E-state index contributed by atoms with van der Waals surface area (Å²) in [7, 11) is -3.30. The van der Waals surface area contributed by atoms with E-state index in [1.54, 1.807) is 18.3 Å². The average Bonchev–Trinajstić information content (AvgIpc) is 3.08. The van der Waals surface area contributed by atoms with Crippen LogP contribution in [0.1, 0.15) is 35.5 Å². The molecule has 6 nitrogen and oxygen atoms in total. The molecule has 0 amide bonds. The highest BCUT2D eigenvalue weighted by atomic mass is 32.2. The lowest BCUT2D eigenvalue weighted by Crippen LogP contribution is -2.41. The molecule has 1 N–H and O–H groups in total. The summed E-state index contributed by atoms with van der Waals surface area (Å²) in [5.74, 6) is -0.165. The molecule has 3 aromatic rings. The summed E-state index contributed by atoms with van der Waals surface area (Å²) in [6.07, 6.45) is 1.35. The van der Waals surface area contributed by atoms with E-state index in [2.05, 4.69) is 20.3 Å². The lowest BCUT2D eigenvalue weighted by atomic mass is 9.85. The first-order valence-electron chi connectivity index (χ1n) is 9.43. The van der Waals surface area contributed by atoms with Crippen LogP contribution >= 0.6 is 11.3 Å². The van der Waals surface area contributed by atoms with Crippen molar-refractivity contribution in [3.05, 3.63) is 52.9 Å². The fraction of sp³-hybridized carbons (Fsp3) is 0.350. The van der Waals surface area contributed by atoms with Gasteiger partial charge in [0.15, 0.2) is 9.84 Å². The maximum atomic E-state index is 12.9. The topological polar surface area (TPSA) is 84.8 Å². The fourth-order valence-electron chi connectivity index (χ4n) is 3.56. The highest BCUT2D eigenvalue weighted by Crippen LogP contribution is 2.50. The molecule has 11 heteroatoms. The van der Waals surface area contributed by atoms with Crippen molar-refractivity contribution in [1.29, 1.82) is 0 Å². The fourth-order valence-corrected chi connectivity index (χ4v) is 6.59. The van der Waals surface area contributed by atoms with E-state index in [4.69, 9.17) is 0 Å². The Kier molecular flexibility index (Phi) is 5.29. The number of sulfone groups is 1. The lowest BCUT2D eigenvalue weighted by Gasteiger charge is -2.37. The van der Waals surface area contributed by atoms with Crippen LogP contribution < -0.4 is 5.32 Å². The molecule has 31 heavy (non-hydrogen) atoms. The summed E-state index contributed by atoms with van der Waals surface area (Å²) in [5, 5.41) is 3.39. The van der Waals surface area contributed by atoms with Crippen LogP contribution in [0.2, 0.25) is 0 Å². The molecule has 1 fully saturated rings. The molecule has 0 saturated heterocycles. The zero-order valence-electron chi connectivity index (χ0n) is 16.7. The van der Waals surface area contributed by atoms with Gasteiger partial charge in [-0.15, -0.1) is 11.3 Å². The SMILES string of the molecule is Cc1cc(Nc2nccc(C(F)(F)F)n2)cc(-c2cnc(C3(S(C)(=O)=O)CCC3)s2)c1. The van der Waals surface area contributed by atoms with Gasteiger partial charge in [0.2, 0.25) is 5.95 Å². The van der Waals surface area contributed by atoms with Crippen molar-refractivity contribution >= 4 is 32.8 Å². The van der Waals surface area contributed by atoms with E-state index in [9.17, 15) is 21.6 Å². The summed E-state index contributed by atoms with van der Waals surface area (Å²) in [5.41, 5.74) is 1.13. The van der Waals surface area contributed by atoms with Crippen LogP contribution in [0.4, 0.5) is 24.8 Å². The summed E-state index contributed by atoms with van der Waals surface area (Å²) in [6.45, 7) is 1.85. The summed E-state index contributed by atoms with van der Waals surface area (Å²) >= 11 is 1.33. The molecule has 2 heterocycles. The zero-order valence-corrected chi connectivity index (χ0v) is 18.3. The number of thiazole rings is 1. The molecule has 1 aromatic carbocycles. The molecule has 1 saturated carbocycles. The molecule has 0 spiro atoms. The third kappa shape index (κ3) is 4.16. The monoisotopic (exact) mass is 468 g/mol. The van der Waals surface area contributed by atoms with Gasteiger partial charge in [-0.2, -0.15) is 13.2 Å². The predicted octanol–water partition coefficient (Wildman–Crippen LogP) is 5.09. The smallest absolute Gasteiger partial charge is 0.324 e. The van der Waals surface area contributed by atoms with E-state index >= 15 is 0 Å². The molecular formula is C20H19F3N4O2S2. The van der Waals surface area contributed by atoms with E-state index < -0.39 is 26.5 Å². The number of halogens is 3. The van der Waals surface area contributed by atoms with E-state index in [1.165, 1.54) is 17.6 Å². The Bertz CT molecular complexity index is 1240. The van der Waals surface area contributed by atoms with Crippen molar-refractivity contribution in [3.63, 3.8) is 0 Å². The summed E-state index contributed by atoms with van der Waals surface area (Å²) < 4.78 is 62.5. The quantitative estimate of drug-likeness (QED) is 0.561. The van der Waals surface area contributed by atoms with Crippen LogP contribution in [0.25, 0.3) is 10.4 Å². The van der Waals surface area contributed by atoms with Crippen LogP contribution in [0, 0.1) is 6.92 Å². The highest BCUT2D eigenvalue weighted by Gasteiger charge is 2.50. The number of anilines is 2. The van der Waals surface area contributed by atoms with Gasteiger partial charge in [-0.25, -0.2) is 23.4 Å². The number of alkyl halides is 3. The highest BCUT2D eigenvalue weighted by molar-refractivity contribution is 7.91. The summed E-state index contributed by atoms with van der Waals surface area (Å²) in [4.78, 5) is 12.6. The first kappa shape index (κ1) is 21.7. The number of aryl methyl sites for hydroxylation is 1. The minimum Gasteiger partial charge on any atom is -0.324 e. The Hall–Kier alpha value is -2.53. The van der Waals surface area contributed by atoms with Gasteiger partial charge in [0.1, 0.15) is 15.4 Å². The molecule has 4 rings (SSSR count). The number of rotatable bonds is 5. The molecule has 1 aliphatic carbocycles. The van der Waals surface area contributed by atoms with Crippen LogP contribution in [-0.2, 0) is 20.8 Å². The first-order chi connectivity index (χ1) is 14.5. The molecule has 0 aliphatic heterocycles. The molecule has 164 valence electrons. The van der Waals surface area contributed by atoms with Gasteiger partial charge in [0, 0.05) is 24.3 Å². The lowest BCUT2D eigenvalue weighted by molar-refractivity contribution is -0.141. The molecule has 1 aliphatic rings. The number of benzene rings is 1. The third-order valence-electron chi connectivity index (χ3n) is 5.33. The Balaban J connectivity index is 1.65.